The van der Waals surface area contributed by atoms with E-state index >= 15 is 0 Å². The lowest BCUT2D eigenvalue weighted by Crippen LogP contribution is -3.05. The summed E-state index contributed by atoms with van der Waals surface area (Å²) in [6, 6.07) is 10.1. The van der Waals surface area contributed by atoms with Gasteiger partial charge < -0.3 is 10.2 Å². The van der Waals surface area contributed by atoms with E-state index in [0.29, 0.717) is 6.42 Å². The maximum absolute atomic E-state index is 11.5. The lowest BCUT2D eigenvalue weighted by molar-refractivity contribution is -0.858. The van der Waals surface area contributed by atoms with E-state index in [2.05, 4.69) is 31.5 Å². The first-order chi connectivity index (χ1) is 8.18. The molecule has 0 heterocycles. The van der Waals surface area contributed by atoms with E-state index in [1.54, 1.807) is 0 Å². The van der Waals surface area contributed by atoms with Crippen molar-refractivity contribution in [2.24, 2.45) is 0 Å². The van der Waals surface area contributed by atoms with Crippen molar-refractivity contribution in [1.29, 1.82) is 0 Å². The standard InChI is InChI=1S/C14H22N2O/c1-16(2)12-6-11-15-14(17)10-9-13-7-4-3-5-8-13/h3-5,7-8H,6,9-12H2,1-2H3,(H,15,17)/p+1. The third-order valence-electron chi connectivity index (χ3n) is 2.66. The molecule has 0 radical (unpaired) electrons. The van der Waals surface area contributed by atoms with Crippen molar-refractivity contribution in [1.82, 2.24) is 5.32 Å². The number of amides is 1. The SMILES string of the molecule is C[NH+](C)CCCNC(=O)CCc1ccccc1. The number of rotatable bonds is 7. The van der Waals surface area contributed by atoms with Crippen molar-refractivity contribution in [3.8, 4) is 0 Å². The summed E-state index contributed by atoms with van der Waals surface area (Å²) in [5.74, 6) is 0.155. The minimum atomic E-state index is 0.155. The Morgan fingerprint density at radius 2 is 1.94 bits per heavy atom. The number of hydrogen-bond donors (Lipinski definition) is 2. The summed E-state index contributed by atoms with van der Waals surface area (Å²) >= 11 is 0. The predicted molar refractivity (Wildman–Crippen MR) is 70.1 cm³/mol. The Labute approximate surface area is 104 Å². The molecule has 0 saturated carbocycles. The lowest BCUT2D eigenvalue weighted by atomic mass is 10.1. The average Bonchev–Trinajstić information content (AvgIpc) is 2.33. The molecule has 1 rings (SSSR count). The predicted octanol–water partition coefficient (Wildman–Crippen LogP) is 0.270. The summed E-state index contributed by atoms with van der Waals surface area (Å²) < 4.78 is 0. The van der Waals surface area contributed by atoms with Gasteiger partial charge >= 0.3 is 0 Å². The Morgan fingerprint density at radius 1 is 1.24 bits per heavy atom. The third kappa shape index (κ3) is 6.74. The van der Waals surface area contributed by atoms with E-state index in [9.17, 15) is 4.79 Å². The molecule has 1 aromatic carbocycles. The highest BCUT2D eigenvalue weighted by Gasteiger charge is 2.01. The van der Waals surface area contributed by atoms with Crippen LogP contribution in [0, 0.1) is 0 Å². The monoisotopic (exact) mass is 235 g/mol. The fourth-order valence-corrected chi connectivity index (χ4v) is 1.66. The quantitative estimate of drug-likeness (QED) is 0.654. The molecule has 94 valence electrons. The fraction of sp³-hybridized carbons (Fsp3) is 0.500. The summed E-state index contributed by atoms with van der Waals surface area (Å²) in [6.07, 6.45) is 2.45. The van der Waals surface area contributed by atoms with E-state index in [4.69, 9.17) is 0 Å². The molecule has 0 aliphatic rings. The van der Waals surface area contributed by atoms with Crippen LogP contribution >= 0.6 is 0 Å². The molecule has 0 aliphatic carbocycles. The smallest absolute Gasteiger partial charge is 0.220 e. The topological polar surface area (TPSA) is 33.5 Å². The first kappa shape index (κ1) is 13.7. The average molecular weight is 235 g/mol. The van der Waals surface area contributed by atoms with Crippen LogP contribution in [0.15, 0.2) is 30.3 Å². The molecular formula is C14H23N2O+. The Kier molecular flexibility index (Phi) is 6.33. The second-order valence-corrected chi connectivity index (χ2v) is 4.65. The molecule has 0 spiro atoms. The van der Waals surface area contributed by atoms with Crippen LogP contribution in [0.3, 0.4) is 0 Å². The summed E-state index contributed by atoms with van der Waals surface area (Å²) in [7, 11) is 4.24. The maximum atomic E-state index is 11.5. The number of hydrogen-bond acceptors (Lipinski definition) is 1. The van der Waals surface area contributed by atoms with Gasteiger partial charge in [0.1, 0.15) is 0 Å². The van der Waals surface area contributed by atoms with Gasteiger partial charge in [0.15, 0.2) is 0 Å². The van der Waals surface area contributed by atoms with Crippen molar-refractivity contribution < 1.29 is 9.69 Å². The van der Waals surface area contributed by atoms with Gasteiger partial charge in [-0.2, -0.15) is 0 Å². The molecule has 0 unspecified atom stereocenters. The molecule has 3 nitrogen and oxygen atoms in total. The number of carbonyl (C=O) groups excluding carboxylic acids is 1. The van der Waals surface area contributed by atoms with Gasteiger partial charge in [-0.05, 0) is 12.0 Å². The summed E-state index contributed by atoms with van der Waals surface area (Å²) in [5.41, 5.74) is 1.22. The zero-order valence-electron chi connectivity index (χ0n) is 10.8. The van der Waals surface area contributed by atoms with Gasteiger partial charge in [-0.3, -0.25) is 4.79 Å². The van der Waals surface area contributed by atoms with Gasteiger partial charge in [0, 0.05) is 19.4 Å². The van der Waals surface area contributed by atoms with Crippen LogP contribution in [-0.4, -0.2) is 33.1 Å². The van der Waals surface area contributed by atoms with E-state index < -0.39 is 0 Å². The highest BCUT2D eigenvalue weighted by Crippen LogP contribution is 2.01. The van der Waals surface area contributed by atoms with Crippen LogP contribution in [0.4, 0.5) is 0 Å². The van der Waals surface area contributed by atoms with E-state index in [1.165, 1.54) is 10.5 Å². The first-order valence-corrected chi connectivity index (χ1v) is 6.28. The van der Waals surface area contributed by atoms with Crippen molar-refractivity contribution in [2.75, 3.05) is 27.2 Å². The molecular weight excluding hydrogens is 212 g/mol. The second-order valence-electron chi connectivity index (χ2n) is 4.65. The van der Waals surface area contributed by atoms with Gasteiger partial charge in [-0.1, -0.05) is 30.3 Å². The largest absolute Gasteiger partial charge is 0.356 e. The van der Waals surface area contributed by atoms with Gasteiger partial charge in [0.2, 0.25) is 5.91 Å². The zero-order chi connectivity index (χ0) is 12.5. The van der Waals surface area contributed by atoms with Crippen LogP contribution in [0.25, 0.3) is 0 Å². The fourth-order valence-electron chi connectivity index (χ4n) is 1.66. The number of quaternary nitrogens is 1. The van der Waals surface area contributed by atoms with Crippen LogP contribution in [0.1, 0.15) is 18.4 Å². The molecule has 17 heavy (non-hydrogen) atoms. The maximum Gasteiger partial charge on any atom is 0.220 e. The molecule has 2 N–H and O–H groups in total. The van der Waals surface area contributed by atoms with Crippen LogP contribution in [0.2, 0.25) is 0 Å². The number of benzene rings is 1. The van der Waals surface area contributed by atoms with Crippen LogP contribution < -0.4 is 10.2 Å². The van der Waals surface area contributed by atoms with Crippen LogP contribution in [-0.2, 0) is 11.2 Å². The van der Waals surface area contributed by atoms with Gasteiger partial charge in [0.05, 0.1) is 20.6 Å². The summed E-state index contributed by atoms with van der Waals surface area (Å²) in [6.45, 7) is 1.89. The Balaban J connectivity index is 2.09. The van der Waals surface area contributed by atoms with Gasteiger partial charge in [0.25, 0.3) is 0 Å². The normalized spacial score (nSPS) is 10.5. The van der Waals surface area contributed by atoms with Crippen molar-refractivity contribution >= 4 is 5.91 Å². The van der Waals surface area contributed by atoms with Crippen molar-refractivity contribution in [3.05, 3.63) is 35.9 Å². The minimum Gasteiger partial charge on any atom is -0.356 e. The summed E-state index contributed by atoms with van der Waals surface area (Å²) in [4.78, 5) is 13.0. The number of nitrogens with one attached hydrogen (secondary N) is 2. The highest BCUT2D eigenvalue weighted by atomic mass is 16.1. The first-order valence-electron chi connectivity index (χ1n) is 6.28. The summed E-state index contributed by atoms with van der Waals surface area (Å²) in [5, 5.41) is 2.96. The second kappa shape index (κ2) is 7.85. The zero-order valence-corrected chi connectivity index (χ0v) is 10.8. The van der Waals surface area contributed by atoms with E-state index in [0.717, 1.165) is 25.9 Å². The molecule has 0 atom stereocenters. The number of carbonyl (C=O) groups is 1. The molecule has 0 fully saturated rings. The van der Waals surface area contributed by atoms with Gasteiger partial charge in [-0.15, -0.1) is 0 Å². The van der Waals surface area contributed by atoms with Crippen molar-refractivity contribution in [3.63, 3.8) is 0 Å². The van der Waals surface area contributed by atoms with Crippen LogP contribution in [0.5, 0.6) is 0 Å². The minimum absolute atomic E-state index is 0.155. The van der Waals surface area contributed by atoms with Gasteiger partial charge in [-0.25, -0.2) is 0 Å². The Morgan fingerprint density at radius 3 is 2.59 bits per heavy atom. The molecule has 0 saturated heterocycles. The van der Waals surface area contributed by atoms with Crippen molar-refractivity contribution in [2.45, 2.75) is 19.3 Å². The van der Waals surface area contributed by atoms with E-state index in [1.807, 2.05) is 18.2 Å². The Hall–Kier alpha value is -1.35. The molecule has 0 aromatic heterocycles. The Bertz CT molecular complexity index is 322. The molecule has 1 amide bonds. The molecule has 0 aliphatic heterocycles. The molecule has 3 heteroatoms. The molecule has 1 aromatic rings. The highest BCUT2D eigenvalue weighted by molar-refractivity contribution is 5.76. The van der Waals surface area contributed by atoms with E-state index in [-0.39, 0.29) is 5.91 Å². The lowest BCUT2D eigenvalue weighted by Gasteiger charge is -2.08. The third-order valence-corrected chi connectivity index (χ3v) is 2.66. The number of aryl methyl sites for hydroxylation is 1. The molecule has 0 bridgehead atoms.